The number of carboxylic acid groups (broad SMARTS) is 1. The number of benzene rings is 1. The van der Waals surface area contributed by atoms with Crippen molar-refractivity contribution in [3.05, 3.63) is 35.7 Å². The van der Waals surface area contributed by atoms with Crippen LogP contribution in [-0.2, 0) is 0 Å². The van der Waals surface area contributed by atoms with E-state index in [0.717, 1.165) is 0 Å². The monoisotopic (exact) mass is 233 g/mol. The maximum atomic E-state index is 11.0. The molecule has 1 heterocycles. The van der Waals surface area contributed by atoms with Crippen LogP contribution in [0.15, 0.2) is 28.8 Å². The normalized spacial score (nSPS) is 10.2. The van der Waals surface area contributed by atoms with Gasteiger partial charge in [-0.1, -0.05) is 23.4 Å². The molecule has 0 bridgehead atoms. The van der Waals surface area contributed by atoms with Gasteiger partial charge in [-0.2, -0.15) is 0 Å². The number of ether oxygens (including phenoxy) is 1. The van der Waals surface area contributed by atoms with Gasteiger partial charge in [-0.15, -0.1) is 0 Å². The summed E-state index contributed by atoms with van der Waals surface area (Å²) in [7, 11) is 1.53. The molecule has 2 aromatic rings. The summed E-state index contributed by atoms with van der Waals surface area (Å²) in [6, 6.07) is 7.14. The summed E-state index contributed by atoms with van der Waals surface area (Å²) in [6.45, 7) is 1.67. The molecule has 0 spiro atoms. The first-order valence-corrected chi connectivity index (χ1v) is 4.98. The van der Waals surface area contributed by atoms with Gasteiger partial charge in [0.05, 0.1) is 12.7 Å². The van der Waals surface area contributed by atoms with Crippen molar-refractivity contribution < 1.29 is 19.2 Å². The van der Waals surface area contributed by atoms with E-state index >= 15 is 0 Å². The lowest BCUT2D eigenvalue weighted by Crippen LogP contribution is -2.00. The van der Waals surface area contributed by atoms with Crippen LogP contribution in [0.5, 0.6) is 5.75 Å². The molecule has 0 aliphatic carbocycles. The van der Waals surface area contributed by atoms with Crippen molar-refractivity contribution in [1.82, 2.24) is 5.16 Å². The Balaban J connectivity index is 2.67. The largest absolute Gasteiger partial charge is 0.496 e. The average Bonchev–Trinajstić information content (AvgIpc) is 2.71. The minimum atomic E-state index is -1.12. The molecule has 0 saturated heterocycles. The highest BCUT2D eigenvalue weighted by Crippen LogP contribution is 2.34. The standard InChI is InChI=1S/C12H11NO4/c1-7-10(11(12(14)15)13-17-7)8-5-3-4-6-9(8)16-2/h3-6H,1-2H3,(H,14,15). The predicted octanol–water partition coefficient (Wildman–Crippen LogP) is 2.36. The second-order valence-electron chi connectivity index (χ2n) is 3.47. The van der Waals surface area contributed by atoms with Gasteiger partial charge in [0.1, 0.15) is 11.5 Å². The molecular weight excluding hydrogens is 222 g/mol. The van der Waals surface area contributed by atoms with Crippen molar-refractivity contribution >= 4 is 5.97 Å². The first-order valence-electron chi connectivity index (χ1n) is 4.98. The van der Waals surface area contributed by atoms with Crippen molar-refractivity contribution in [1.29, 1.82) is 0 Å². The van der Waals surface area contributed by atoms with Crippen LogP contribution in [0.2, 0.25) is 0 Å². The van der Waals surface area contributed by atoms with E-state index < -0.39 is 5.97 Å². The summed E-state index contributed by atoms with van der Waals surface area (Å²) in [5.74, 6) is -0.0871. The van der Waals surface area contributed by atoms with Gasteiger partial charge in [0.2, 0.25) is 0 Å². The van der Waals surface area contributed by atoms with Gasteiger partial charge in [0, 0.05) is 5.56 Å². The van der Waals surface area contributed by atoms with Crippen molar-refractivity contribution in [3.8, 4) is 16.9 Å². The molecule has 0 aliphatic heterocycles. The fourth-order valence-corrected chi connectivity index (χ4v) is 1.69. The number of aromatic carboxylic acids is 1. The zero-order valence-corrected chi connectivity index (χ0v) is 9.43. The van der Waals surface area contributed by atoms with Gasteiger partial charge in [0.25, 0.3) is 0 Å². The molecule has 0 unspecified atom stereocenters. The molecule has 1 aromatic heterocycles. The third kappa shape index (κ3) is 1.87. The third-order valence-corrected chi connectivity index (χ3v) is 2.44. The molecule has 0 aliphatic rings. The van der Waals surface area contributed by atoms with E-state index in [2.05, 4.69) is 5.16 Å². The molecule has 0 amide bonds. The Kier molecular flexibility index (Phi) is 2.82. The van der Waals surface area contributed by atoms with Gasteiger partial charge >= 0.3 is 5.97 Å². The molecular formula is C12H11NO4. The molecule has 0 saturated carbocycles. The molecule has 2 rings (SSSR count). The Labute approximate surface area is 97.6 Å². The van der Waals surface area contributed by atoms with Crippen LogP contribution in [0, 0.1) is 6.92 Å². The number of rotatable bonds is 3. The van der Waals surface area contributed by atoms with Gasteiger partial charge in [-0.25, -0.2) is 4.79 Å². The smallest absolute Gasteiger partial charge is 0.358 e. The Morgan fingerprint density at radius 1 is 1.41 bits per heavy atom. The van der Waals surface area contributed by atoms with Crippen LogP contribution in [0.25, 0.3) is 11.1 Å². The number of hydrogen-bond donors (Lipinski definition) is 1. The van der Waals surface area contributed by atoms with E-state index in [-0.39, 0.29) is 5.69 Å². The summed E-state index contributed by atoms with van der Waals surface area (Å²) >= 11 is 0. The molecule has 0 radical (unpaired) electrons. The van der Waals surface area contributed by atoms with E-state index in [0.29, 0.717) is 22.6 Å². The zero-order valence-electron chi connectivity index (χ0n) is 9.43. The van der Waals surface area contributed by atoms with Crippen LogP contribution in [0.1, 0.15) is 16.2 Å². The van der Waals surface area contributed by atoms with E-state index in [4.69, 9.17) is 14.4 Å². The second-order valence-corrected chi connectivity index (χ2v) is 3.47. The highest BCUT2D eigenvalue weighted by atomic mass is 16.5. The van der Waals surface area contributed by atoms with Crippen LogP contribution in [-0.4, -0.2) is 23.3 Å². The van der Waals surface area contributed by atoms with Crippen molar-refractivity contribution in [2.75, 3.05) is 7.11 Å². The lowest BCUT2D eigenvalue weighted by Gasteiger charge is -2.07. The van der Waals surface area contributed by atoms with Gasteiger partial charge < -0.3 is 14.4 Å². The molecule has 88 valence electrons. The summed E-state index contributed by atoms with van der Waals surface area (Å²) < 4.78 is 10.1. The summed E-state index contributed by atoms with van der Waals surface area (Å²) in [5.41, 5.74) is 1.01. The average molecular weight is 233 g/mol. The highest BCUT2D eigenvalue weighted by Gasteiger charge is 2.22. The van der Waals surface area contributed by atoms with Crippen LogP contribution in [0.4, 0.5) is 0 Å². The second kappa shape index (κ2) is 4.29. The summed E-state index contributed by atoms with van der Waals surface area (Å²) in [4.78, 5) is 11.0. The Morgan fingerprint density at radius 3 is 2.76 bits per heavy atom. The Morgan fingerprint density at radius 2 is 2.12 bits per heavy atom. The minimum absolute atomic E-state index is 0.105. The van der Waals surface area contributed by atoms with Crippen molar-refractivity contribution in [2.45, 2.75) is 6.92 Å². The molecule has 5 heteroatoms. The fraction of sp³-hybridized carbons (Fsp3) is 0.167. The number of aromatic nitrogens is 1. The molecule has 17 heavy (non-hydrogen) atoms. The number of hydrogen-bond acceptors (Lipinski definition) is 4. The maximum absolute atomic E-state index is 11.0. The molecule has 1 aromatic carbocycles. The lowest BCUT2D eigenvalue weighted by atomic mass is 10.0. The first kappa shape index (κ1) is 11.2. The zero-order chi connectivity index (χ0) is 12.4. The number of nitrogens with zero attached hydrogens (tertiary/aromatic N) is 1. The number of carbonyl (C=O) groups is 1. The predicted molar refractivity (Wildman–Crippen MR) is 60.2 cm³/mol. The minimum Gasteiger partial charge on any atom is -0.496 e. The van der Waals surface area contributed by atoms with Crippen molar-refractivity contribution in [2.24, 2.45) is 0 Å². The Bertz CT molecular complexity index is 559. The van der Waals surface area contributed by atoms with E-state index in [9.17, 15) is 4.79 Å². The molecule has 5 nitrogen and oxygen atoms in total. The number of methoxy groups -OCH3 is 1. The number of para-hydroxylation sites is 1. The van der Waals surface area contributed by atoms with E-state index in [1.54, 1.807) is 25.1 Å². The maximum Gasteiger partial charge on any atom is 0.358 e. The van der Waals surface area contributed by atoms with Crippen LogP contribution < -0.4 is 4.74 Å². The number of aryl methyl sites for hydroxylation is 1. The summed E-state index contributed by atoms with van der Waals surface area (Å²) in [5, 5.41) is 12.6. The third-order valence-electron chi connectivity index (χ3n) is 2.44. The fourth-order valence-electron chi connectivity index (χ4n) is 1.69. The van der Waals surface area contributed by atoms with E-state index in [1.165, 1.54) is 7.11 Å². The Hall–Kier alpha value is -2.30. The van der Waals surface area contributed by atoms with E-state index in [1.807, 2.05) is 6.07 Å². The van der Waals surface area contributed by atoms with Gasteiger partial charge in [-0.3, -0.25) is 0 Å². The molecule has 1 N–H and O–H groups in total. The lowest BCUT2D eigenvalue weighted by molar-refractivity contribution is 0.0686. The quantitative estimate of drug-likeness (QED) is 0.880. The summed E-state index contributed by atoms with van der Waals surface area (Å²) in [6.07, 6.45) is 0. The van der Waals surface area contributed by atoms with Gasteiger partial charge in [-0.05, 0) is 13.0 Å². The van der Waals surface area contributed by atoms with Crippen LogP contribution in [0.3, 0.4) is 0 Å². The molecule has 0 fully saturated rings. The highest BCUT2D eigenvalue weighted by molar-refractivity contribution is 5.95. The van der Waals surface area contributed by atoms with Gasteiger partial charge in [0.15, 0.2) is 5.69 Å². The molecule has 0 atom stereocenters. The topological polar surface area (TPSA) is 72.6 Å². The number of carboxylic acids is 1. The van der Waals surface area contributed by atoms with Crippen molar-refractivity contribution in [3.63, 3.8) is 0 Å². The first-order chi connectivity index (χ1) is 8.15. The SMILES string of the molecule is COc1ccccc1-c1c(C(=O)O)noc1C. The van der Waals surface area contributed by atoms with Crippen LogP contribution >= 0.6 is 0 Å².